The van der Waals surface area contributed by atoms with Crippen LogP contribution in [0.4, 0.5) is 4.79 Å². The average molecular weight is 345 g/mol. The van der Waals surface area contributed by atoms with Crippen molar-refractivity contribution in [3.8, 4) is 0 Å². The summed E-state index contributed by atoms with van der Waals surface area (Å²) in [6.45, 7) is 2.12. The Balaban J connectivity index is 1.24. The number of piperazine rings is 1. The lowest BCUT2D eigenvalue weighted by Gasteiger charge is -2.34. The molecule has 1 saturated carbocycles. The molecular formula is C16H19N5O4. The third-order valence-electron chi connectivity index (χ3n) is 4.39. The molecule has 1 N–H and O–H groups in total. The minimum Gasteiger partial charge on any atom is -0.459 e. The van der Waals surface area contributed by atoms with Crippen molar-refractivity contribution in [2.45, 2.75) is 25.3 Å². The van der Waals surface area contributed by atoms with E-state index < -0.39 is 0 Å². The molecule has 2 aliphatic rings. The van der Waals surface area contributed by atoms with Gasteiger partial charge in [0.05, 0.1) is 12.8 Å². The number of hydrogen-bond acceptors (Lipinski definition) is 6. The molecule has 0 atom stereocenters. The Hall–Kier alpha value is -2.84. The summed E-state index contributed by atoms with van der Waals surface area (Å²) in [6, 6.07) is 3.13. The van der Waals surface area contributed by atoms with Gasteiger partial charge in [0, 0.05) is 32.1 Å². The summed E-state index contributed by atoms with van der Waals surface area (Å²) in [5.74, 6) is 1.72. The van der Waals surface area contributed by atoms with Crippen LogP contribution in [0.1, 0.15) is 41.0 Å². The summed E-state index contributed by atoms with van der Waals surface area (Å²) in [5.41, 5.74) is 0. The first-order chi connectivity index (χ1) is 12.2. The fourth-order valence-electron chi connectivity index (χ4n) is 2.77. The zero-order chi connectivity index (χ0) is 17.2. The highest BCUT2D eigenvalue weighted by Crippen LogP contribution is 2.38. The molecule has 0 bridgehead atoms. The number of urea groups is 1. The van der Waals surface area contributed by atoms with E-state index in [1.165, 1.54) is 6.26 Å². The molecule has 25 heavy (non-hydrogen) atoms. The number of nitrogens with zero attached hydrogens (tertiary/aromatic N) is 4. The average Bonchev–Trinajstić information content (AvgIpc) is 3.15. The van der Waals surface area contributed by atoms with Crippen LogP contribution >= 0.6 is 0 Å². The van der Waals surface area contributed by atoms with Crippen molar-refractivity contribution in [2.75, 3.05) is 26.2 Å². The van der Waals surface area contributed by atoms with E-state index in [4.69, 9.17) is 8.94 Å². The van der Waals surface area contributed by atoms with Gasteiger partial charge in [-0.3, -0.25) is 4.79 Å². The summed E-state index contributed by atoms with van der Waals surface area (Å²) in [4.78, 5) is 32.1. The lowest BCUT2D eigenvalue weighted by Crippen LogP contribution is -2.53. The van der Waals surface area contributed by atoms with Crippen LogP contribution in [-0.2, 0) is 6.54 Å². The molecule has 3 heterocycles. The third kappa shape index (κ3) is 3.49. The van der Waals surface area contributed by atoms with Crippen molar-refractivity contribution in [2.24, 2.45) is 0 Å². The van der Waals surface area contributed by atoms with Crippen molar-refractivity contribution in [3.63, 3.8) is 0 Å². The number of furan rings is 1. The van der Waals surface area contributed by atoms with Crippen molar-refractivity contribution in [1.29, 1.82) is 0 Å². The van der Waals surface area contributed by atoms with Crippen molar-refractivity contribution < 1.29 is 18.5 Å². The SMILES string of the molecule is O=C(NCc1noc(C2CC2)n1)N1CCN(C(=O)c2ccco2)CC1. The van der Waals surface area contributed by atoms with Crippen LogP contribution in [0, 0.1) is 0 Å². The molecule has 0 aromatic carbocycles. The maximum absolute atomic E-state index is 12.2. The van der Waals surface area contributed by atoms with Gasteiger partial charge in [0.15, 0.2) is 11.6 Å². The second-order valence-corrected chi connectivity index (χ2v) is 6.24. The van der Waals surface area contributed by atoms with Crippen molar-refractivity contribution in [3.05, 3.63) is 35.9 Å². The predicted octanol–water partition coefficient (Wildman–Crippen LogP) is 1.21. The third-order valence-corrected chi connectivity index (χ3v) is 4.39. The molecule has 132 valence electrons. The molecule has 0 radical (unpaired) electrons. The largest absolute Gasteiger partial charge is 0.459 e. The zero-order valence-electron chi connectivity index (χ0n) is 13.7. The first-order valence-corrected chi connectivity index (χ1v) is 8.39. The van der Waals surface area contributed by atoms with Gasteiger partial charge in [-0.25, -0.2) is 4.79 Å². The van der Waals surface area contributed by atoms with E-state index in [2.05, 4.69) is 15.5 Å². The number of carbonyl (C=O) groups is 2. The van der Waals surface area contributed by atoms with Gasteiger partial charge < -0.3 is 24.1 Å². The highest BCUT2D eigenvalue weighted by Gasteiger charge is 2.30. The normalized spacial score (nSPS) is 17.6. The van der Waals surface area contributed by atoms with Gasteiger partial charge in [-0.2, -0.15) is 4.98 Å². The summed E-state index contributed by atoms with van der Waals surface area (Å²) < 4.78 is 10.3. The van der Waals surface area contributed by atoms with Crippen LogP contribution in [0.3, 0.4) is 0 Å². The van der Waals surface area contributed by atoms with Crippen LogP contribution in [0.25, 0.3) is 0 Å². The number of nitrogens with one attached hydrogen (secondary N) is 1. The monoisotopic (exact) mass is 345 g/mol. The summed E-state index contributed by atoms with van der Waals surface area (Å²) in [5, 5.41) is 6.67. The molecule has 0 unspecified atom stereocenters. The van der Waals surface area contributed by atoms with Crippen LogP contribution in [-0.4, -0.2) is 58.1 Å². The van der Waals surface area contributed by atoms with Crippen LogP contribution in [0.5, 0.6) is 0 Å². The van der Waals surface area contributed by atoms with E-state index in [0.717, 1.165) is 12.8 Å². The molecule has 9 nitrogen and oxygen atoms in total. The van der Waals surface area contributed by atoms with E-state index in [0.29, 0.717) is 49.6 Å². The van der Waals surface area contributed by atoms with Gasteiger partial charge in [0.1, 0.15) is 0 Å². The van der Waals surface area contributed by atoms with E-state index in [1.54, 1.807) is 21.9 Å². The minimum atomic E-state index is -0.192. The Morgan fingerprint density at radius 3 is 2.64 bits per heavy atom. The Kier molecular flexibility index (Phi) is 4.12. The number of aromatic nitrogens is 2. The lowest BCUT2D eigenvalue weighted by atomic mass is 10.3. The van der Waals surface area contributed by atoms with E-state index in [9.17, 15) is 9.59 Å². The molecule has 0 spiro atoms. The Morgan fingerprint density at radius 1 is 1.20 bits per heavy atom. The van der Waals surface area contributed by atoms with Crippen molar-refractivity contribution >= 4 is 11.9 Å². The molecule has 2 fully saturated rings. The van der Waals surface area contributed by atoms with Crippen LogP contribution in [0.15, 0.2) is 27.3 Å². The van der Waals surface area contributed by atoms with Crippen LogP contribution < -0.4 is 5.32 Å². The number of carbonyl (C=O) groups excluding carboxylic acids is 2. The minimum absolute atomic E-state index is 0.149. The number of hydrogen-bond donors (Lipinski definition) is 1. The second kappa shape index (κ2) is 6.58. The highest BCUT2D eigenvalue weighted by atomic mass is 16.5. The number of amides is 3. The summed E-state index contributed by atoms with van der Waals surface area (Å²) in [7, 11) is 0. The molecule has 9 heteroatoms. The van der Waals surface area contributed by atoms with Crippen LogP contribution in [0.2, 0.25) is 0 Å². The standard InChI is InChI=1S/C16H19N5O4/c22-15(12-2-1-9-24-12)20-5-7-21(8-6-20)16(23)17-10-13-18-14(25-19-13)11-3-4-11/h1-2,9,11H,3-8,10H2,(H,17,23). The van der Waals surface area contributed by atoms with Gasteiger partial charge >= 0.3 is 6.03 Å². The Labute approximate surface area is 143 Å². The van der Waals surface area contributed by atoms with Crippen molar-refractivity contribution in [1.82, 2.24) is 25.3 Å². The molecule has 1 aliphatic heterocycles. The molecule has 3 amide bonds. The molecule has 2 aromatic rings. The quantitative estimate of drug-likeness (QED) is 0.893. The number of rotatable bonds is 4. The van der Waals surface area contributed by atoms with Gasteiger partial charge in [-0.15, -0.1) is 0 Å². The molecule has 1 aliphatic carbocycles. The summed E-state index contributed by atoms with van der Waals surface area (Å²) >= 11 is 0. The maximum atomic E-state index is 12.2. The molecule has 2 aromatic heterocycles. The van der Waals surface area contributed by atoms with E-state index in [1.807, 2.05) is 0 Å². The zero-order valence-corrected chi connectivity index (χ0v) is 13.7. The van der Waals surface area contributed by atoms with E-state index in [-0.39, 0.29) is 18.5 Å². The molecular weight excluding hydrogens is 326 g/mol. The Bertz CT molecular complexity index is 744. The first kappa shape index (κ1) is 15.7. The first-order valence-electron chi connectivity index (χ1n) is 8.39. The molecule has 4 rings (SSSR count). The maximum Gasteiger partial charge on any atom is 0.317 e. The molecule has 1 saturated heterocycles. The highest BCUT2D eigenvalue weighted by molar-refractivity contribution is 5.91. The fraction of sp³-hybridized carbons (Fsp3) is 0.500. The predicted molar refractivity (Wildman–Crippen MR) is 84.7 cm³/mol. The fourth-order valence-corrected chi connectivity index (χ4v) is 2.77. The second-order valence-electron chi connectivity index (χ2n) is 6.24. The van der Waals surface area contributed by atoms with Gasteiger partial charge in [-0.1, -0.05) is 5.16 Å². The topological polar surface area (TPSA) is 105 Å². The smallest absolute Gasteiger partial charge is 0.317 e. The Morgan fingerprint density at radius 2 is 1.96 bits per heavy atom. The van der Waals surface area contributed by atoms with Gasteiger partial charge in [0.2, 0.25) is 5.89 Å². The lowest BCUT2D eigenvalue weighted by molar-refractivity contribution is 0.0634. The van der Waals surface area contributed by atoms with Gasteiger partial charge in [0.25, 0.3) is 5.91 Å². The van der Waals surface area contributed by atoms with Gasteiger partial charge in [-0.05, 0) is 25.0 Å². The van der Waals surface area contributed by atoms with E-state index >= 15 is 0 Å². The summed E-state index contributed by atoms with van der Waals surface area (Å²) in [6.07, 6.45) is 3.66.